The number of nitrogens with one attached hydrogen (secondary N) is 1. The second-order valence-electron chi connectivity index (χ2n) is 6.01. The minimum Gasteiger partial charge on any atom is -0.455 e. The van der Waals surface area contributed by atoms with Crippen molar-refractivity contribution in [2.75, 3.05) is 5.33 Å². The van der Waals surface area contributed by atoms with E-state index < -0.39 is 43.9 Å². The summed E-state index contributed by atoms with van der Waals surface area (Å²) < 4.78 is 17.3. The van der Waals surface area contributed by atoms with Crippen molar-refractivity contribution in [3.8, 4) is 0 Å². The molecule has 4 atom stereocenters. The lowest BCUT2D eigenvalue weighted by atomic mass is 10.0. The maximum absolute atomic E-state index is 12.5. The Labute approximate surface area is 152 Å². The second-order valence-corrected chi connectivity index (χ2v) is 9.71. The molecule has 0 aromatic rings. The van der Waals surface area contributed by atoms with Crippen LogP contribution in [0.5, 0.6) is 0 Å². The summed E-state index contributed by atoms with van der Waals surface area (Å²) in [6, 6.07) is -0.900. The molecule has 0 aromatic heterocycles. The molecule has 0 aromatic carbocycles. The van der Waals surface area contributed by atoms with Crippen LogP contribution >= 0.6 is 31.9 Å². The van der Waals surface area contributed by atoms with Crippen molar-refractivity contribution in [3.05, 3.63) is 11.3 Å². The molecule has 10 heteroatoms. The lowest BCUT2D eigenvalue weighted by Gasteiger charge is -2.50. The summed E-state index contributed by atoms with van der Waals surface area (Å²) in [7, 11) is -1.51. The van der Waals surface area contributed by atoms with Gasteiger partial charge in [0.2, 0.25) is 6.41 Å². The van der Waals surface area contributed by atoms with Crippen LogP contribution in [0.1, 0.15) is 20.8 Å². The molecule has 0 bridgehead atoms. The molecule has 1 N–H and O–H groups in total. The molecule has 2 amide bonds. The van der Waals surface area contributed by atoms with Crippen LogP contribution in [0.3, 0.4) is 0 Å². The van der Waals surface area contributed by atoms with Gasteiger partial charge in [0.15, 0.2) is 0 Å². The van der Waals surface area contributed by atoms with E-state index in [0.717, 1.165) is 0 Å². The summed E-state index contributed by atoms with van der Waals surface area (Å²) in [5.41, 5.74) is -0.173. The van der Waals surface area contributed by atoms with Gasteiger partial charge in [-0.05, 0) is 26.3 Å². The third-order valence-electron chi connectivity index (χ3n) is 3.29. The summed E-state index contributed by atoms with van der Waals surface area (Å²) in [6.45, 7) is 5.16. The molecule has 0 spiro atoms. The molecule has 2 rings (SSSR count). The van der Waals surface area contributed by atoms with E-state index >= 15 is 0 Å². The minimum absolute atomic E-state index is 0.0808. The zero-order valence-corrected chi connectivity index (χ0v) is 16.7. The Morgan fingerprint density at radius 3 is 2.57 bits per heavy atom. The SMILES string of the molecule is CC(C)(C)OC(=O)C1=C(CBr)[C@H](Br)[S@@](=O)[C@@H]2[C@H](NC=O)C(=O)N12. The Morgan fingerprint density at radius 1 is 1.48 bits per heavy atom. The molecule has 2 heterocycles. The number of fused-ring (bicyclic) bond motifs is 1. The molecule has 2 aliphatic heterocycles. The van der Waals surface area contributed by atoms with E-state index in [1.807, 2.05) is 0 Å². The molecule has 1 saturated heterocycles. The molecule has 0 aliphatic carbocycles. The Morgan fingerprint density at radius 2 is 2.09 bits per heavy atom. The van der Waals surface area contributed by atoms with Gasteiger partial charge in [0.1, 0.15) is 26.9 Å². The van der Waals surface area contributed by atoms with E-state index in [4.69, 9.17) is 4.74 Å². The average molecular weight is 472 g/mol. The van der Waals surface area contributed by atoms with Gasteiger partial charge in [-0.15, -0.1) is 0 Å². The summed E-state index contributed by atoms with van der Waals surface area (Å²) in [4.78, 5) is 36.6. The fourth-order valence-corrected chi connectivity index (χ4v) is 6.25. The van der Waals surface area contributed by atoms with Crippen molar-refractivity contribution in [2.24, 2.45) is 0 Å². The molecule has 2 aliphatic rings. The van der Waals surface area contributed by atoms with Crippen LogP contribution < -0.4 is 5.32 Å². The van der Waals surface area contributed by atoms with Crippen molar-refractivity contribution in [3.63, 3.8) is 0 Å². The van der Waals surface area contributed by atoms with Gasteiger partial charge in [-0.1, -0.05) is 31.9 Å². The number of amides is 2. The lowest BCUT2D eigenvalue weighted by Crippen LogP contribution is -2.73. The van der Waals surface area contributed by atoms with Crippen LogP contribution in [0.15, 0.2) is 11.3 Å². The highest BCUT2D eigenvalue weighted by molar-refractivity contribution is 9.11. The number of ether oxygens (including phenoxy) is 1. The molecule has 0 unspecified atom stereocenters. The van der Waals surface area contributed by atoms with Gasteiger partial charge in [-0.3, -0.25) is 18.7 Å². The number of halogens is 2. The van der Waals surface area contributed by atoms with E-state index in [9.17, 15) is 18.6 Å². The summed E-state index contributed by atoms with van der Waals surface area (Å²) in [6.07, 6.45) is 0.386. The molecule has 1 fully saturated rings. The Kier molecular flexibility index (Phi) is 5.37. The highest BCUT2D eigenvalue weighted by Crippen LogP contribution is 2.41. The molecule has 23 heavy (non-hydrogen) atoms. The number of alkyl halides is 2. The molecular formula is C13H16Br2N2O5S. The van der Waals surface area contributed by atoms with Crippen LogP contribution in [0, 0.1) is 0 Å². The molecule has 7 nitrogen and oxygen atoms in total. The minimum atomic E-state index is -1.51. The van der Waals surface area contributed by atoms with Crippen molar-refractivity contribution >= 4 is 60.9 Å². The summed E-state index contributed by atoms with van der Waals surface area (Å²) >= 11 is 6.58. The number of carbonyl (C=O) groups excluding carboxylic acids is 3. The molecule has 0 radical (unpaired) electrons. The Balaban J connectivity index is 2.46. The van der Waals surface area contributed by atoms with Crippen molar-refractivity contribution in [1.82, 2.24) is 10.2 Å². The van der Waals surface area contributed by atoms with E-state index in [-0.39, 0.29) is 11.0 Å². The Bertz CT molecular complexity index is 616. The maximum atomic E-state index is 12.5. The van der Waals surface area contributed by atoms with E-state index in [1.54, 1.807) is 20.8 Å². The molecule has 128 valence electrons. The first-order valence-electron chi connectivity index (χ1n) is 6.72. The molecular weight excluding hydrogens is 456 g/mol. The standard InChI is InChI=1S/C13H16Br2N2O5S/c1-13(2,3)22-12(20)8-6(4-14)9(15)23(21)11-7(16-5-18)10(19)17(8)11/h5,7,9,11H,4H2,1-3H3,(H,16,18)/t7-,9-,11-,23-/m1/s1. The van der Waals surface area contributed by atoms with Crippen molar-refractivity contribution < 1.29 is 23.3 Å². The number of β-lactam (4-membered cyclic amide) rings is 1. The topological polar surface area (TPSA) is 92.8 Å². The smallest absolute Gasteiger partial charge is 0.355 e. The normalized spacial score (nSPS) is 30.5. The number of rotatable bonds is 4. The predicted octanol–water partition coefficient (Wildman–Crippen LogP) is 0.743. The molecule has 0 saturated carbocycles. The predicted molar refractivity (Wildman–Crippen MR) is 91.1 cm³/mol. The number of hydrogen-bond donors (Lipinski definition) is 1. The van der Waals surface area contributed by atoms with Gasteiger partial charge in [0, 0.05) is 5.33 Å². The number of carbonyl (C=O) groups is 3. The van der Waals surface area contributed by atoms with Crippen LogP contribution in [-0.2, 0) is 29.9 Å². The summed E-state index contributed by atoms with van der Waals surface area (Å²) in [5.74, 6) is -1.13. The first kappa shape index (κ1) is 18.6. The number of esters is 1. The van der Waals surface area contributed by atoms with Crippen LogP contribution in [0.2, 0.25) is 0 Å². The van der Waals surface area contributed by atoms with Crippen LogP contribution in [-0.4, -0.2) is 53.9 Å². The summed E-state index contributed by atoms with van der Waals surface area (Å²) in [5, 5.41) is 1.82. The number of hydrogen-bond acceptors (Lipinski definition) is 5. The van der Waals surface area contributed by atoms with Crippen LogP contribution in [0.4, 0.5) is 0 Å². The fourth-order valence-electron chi connectivity index (χ4n) is 2.37. The van der Waals surface area contributed by atoms with E-state index in [1.165, 1.54) is 4.90 Å². The van der Waals surface area contributed by atoms with E-state index in [0.29, 0.717) is 12.0 Å². The lowest BCUT2D eigenvalue weighted by molar-refractivity contribution is -0.158. The largest absolute Gasteiger partial charge is 0.455 e. The zero-order chi connectivity index (χ0) is 17.5. The highest BCUT2D eigenvalue weighted by Gasteiger charge is 2.59. The Hall–Kier alpha value is -0.740. The van der Waals surface area contributed by atoms with Crippen molar-refractivity contribution in [2.45, 2.75) is 41.9 Å². The third kappa shape index (κ3) is 3.25. The first-order valence-corrected chi connectivity index (χ1v) is 10.0. The van der Waals surface area contributed by atoms with Gasteiger partial charge in [-0.2, -0.15) is 0 Å². The monoisotopic (exact) mass is 470 g/mol. The van der Waals surface area contributed by atoms with Gasteiger partial charge in [0.05, 0.1) is 10.8 Å². The van der Waals surface area contributed by atoms with Gasteiger partial charge in [-0.25, -0.2) is 4.79 Å². The number of nitrogens with zero attached hydrogens (tertiary/aromatic N) is 1. The van der Waals surface area contributed by atoms with Crippen molar-refractivity contribution in [1.29, 1.82) is 0 Å². The zero-order valence-electron chi connectivity index (χ0n) is 12.7. The average Bonchev–Trinajstić information content (AvgIpc) is 2.45. The quantitative estimate of drug-likeness (QED) is 0.282. The second kappa shape index (κ2) is 6.64. The fraction of sp³-hybridized carbons (Fsp3) is 0.615. The third-order valence-corrected chi connectivity index (χ3v) is 7.20. The highest BCUT2D eigenvalue weighted by atomic mass is 79.9. The maximum Gasteiger partial charge on any atom is 0.355 e. The van der Waals surface area contributed by atoms with Gasteiger partial charge in [0.25, 0.3) is 5.91 Å². The van der Waals surface area contributed by atoms with Gasteiger partial charge >= 0.3 is 5.97 Å². The van der Waals surface area contributed by atoms with Crippen LogP contribution in [0.25, 0.3) is 0 Å². The van der Waals surface area contributed by atoms with E-state index in [2.05, 4.69) is 37.2 Å². The first-order chi connectivity index (χ1) is 10.6. The van der Waals surface area contributed by atoms with Gasteiger partial charge < -0.3 is 10.1 Å².